The predicted molar refractivity (Wildman–Crippen MR) is 105 cm³/mol. The molecule has 0 aromatic heterocycles. The smallest absolute Gasteiger partial charge is 0.257 e. The van der Waals surface area contributed by atoms with Gasteiger partial charge in [0.05, 0.1) is 10.0 Å². The lowest BCUT2D eigenvalue weighted by Gasteiger charge is -2.08. The number of ether oxygens (including phenoxy) is 1. The fourth-order valence-electron chi connectivity index (χ4n) is 2.03. The summed E-state index contributed by atoms with van der Waals surface area (Å²) < 4.78 is 5.39. The van der Waals surface area contributed by atoms with Crippen LogP contribution in [0.5, 0.6) is 5.75 Å². The highest BCUT2D eigenvalue weighted by Crippen LogP contribution is 2.23. The Balaban J connectivity index is 1.94. The average molecular weight is 393 g/mol. The Kier molecular flexibility index (Phi) is 7.51. The molecule has 26 heavy (non-hydrogen) atoms. The first-order chi connectivity index (χ1) is 12.5. The Morgan fingerprint density at radius 2 is 1.92 bits per heavy atom. The Morgan fingerprint density at radius 3 is 2.65 bits per heavy atom. The number of nitrogens with one attached hydrogen (secondary N) is 2. The lowest BCUT2D eigenvalue weighted by atomic mass is 10.2. The predicted octanol–water partition coefficient (Wildman–Crippen LogP) is 4.16. The number of hydrogen-bond acceptors (Lipinski definition) is 3. The topological polar surface area (TPSA) is 67.4 Å². The van der Waals surface area contributed by atoms with Crippen molar-refractivity contribution < 1.29 is 14.3 Å². The zero-order chi connectivity index (χ0) is 18.9. The lowest BCUT2D eigenvalue weighted by Crippen LogP contribution is -2.28. The minimum atomic E-state index is -0.308. The molecular formula is C19H18Cl2N2O3. The molecule has 0 aliphatic rings. The van der Waals surface area contributed by atoms with Crippen molar-refractivity contribution in [3.8, 4) is 5.75 Å². The molecule has 0 spiro atoms. The minimum absolute atomic E-state index is 0.0809. The molecule has 2 aromatic carbocycles. The van der Waals surface area contributed by atoms with Crippen molar-refractivity contribution in [3.63, 3.8) is 0 Å². The summed E-state index contributed by atoms with van der Waals surface area (Å²) in [4.78, 5) is 23.4. The summed E-state index contributed by atoms with van der Waals surface area (Å²) >= 11 is 11.8. The van der Waals surface area contributed by atoms with E-state index in [2.05, 4.69) is 10.6 Å². The van der Waals surface area contributed by atoms with Gasteiger partial charge >= 0.3 is 0 Å². The highest BCUT2D eigenvalue weighted by Gasteiger charge is 2.04. The molecule has 0 aliphatic heterocycles. The van der Waals surface area contributed by atoms with Gasteiger partial charge in [-0.2, -0.15) is 0 Å². The van der Waals surface area contributed by atoms with E-state index >= 15 is 0 Å². The number of benzene rings is 2. The van der Waals surface area contributed by atoms with E-state index in [-0.39, 0.29) is 18.4 Å². The fourth-order valence-corrected chi connectivity index (χ4v) is 2.34. The minimum Gasteiger partial charge on any atom is -0.484 e. The van der Waals surface area contributed by atoms with Crippen LogP contribution < -0.4 is 15.4 Å². The maximum absolute atomic E-state index is 12.0. The second kappa shape index (κ2) is 9.85. The third kappa shape index (κ3) is 6.43. The third-order valence-corrected chi connectivity index (χ3v) is 3.96. The van der Waals surface area contributed by atoms with Gasteiger partial charge in [-0.1, -0.05) is 35.3 Å². The normalized spacial score (nSPS) is 10.6. The van der Waals surface area contributed by atoms with Gasteiger partial charge in [0.15, 0.2) is 6.61 Å². The van der Waals surface area contributed by atoms with Crippen LogP contribution in [0.1, 0.15) is 12.5 Å². The summed E-state index contributed by atoms with van der Waals surface area (Å²) in [6, 6.07) is 11.9. The van der Waals surface area contributed by atoms with E-state index in [0.29, 0.717) is 28.0 Å². The maximum atomic E-state index is 12.0. The number of likely N-dealkylation sites (N-methyl/N-ethyl adjacent to an activating group) is 1. The lowest BCUT2D eigenvalue weighted by molar-refractivity contribution is -0.123. The fraction of sp³-hybridized carbons (Fsp3) is 0.158. The number of anilines is 1. The molecule has 2 amide bonds. The van der Waals surface area contributed by atoms with Gasteiger partial charge in [0.2, 0.25) is 5.91 Å². The van der Waals surface area contributed by atoms with Gasteiger partial charge in [0.25, 0.3) is 5.91 Å². The van der Waals surface area contributed by atoms with Crippen molar-refractivity contribution in [3.05, 3.63) is 64.1 Å². The van der Waals surface area contributed by atoms with Crippen LogP contribution in [-0.4, -0.2) is 25.0 Å². The zero-order valence-electron chi connectivity index (χ0n) is 14.1. The van der Waals surface area contributed by atoms with E-state index in [1.54, 1.807) is 48.5 Å². The Bertz CT molecular complexity index is 822. The van der Waals surface area contributed by atoms with E-state index in [9.17, 15) is 9.59 Å². The molecule has 0 bridgehead atoms. The molecule has 0 saturated carbocycles. The summed E-state index contributed by atoms with van der Waals surface area (Å²) in [7, 11) is 0. The molecule has 0 saturated heterocycles. The third-order valence-electron chi connectivity index (χ3n) is 3.22. The summed E-state index contributed by atoms with van der Waals surface area (Å²) in [6.45, 7) is 2.30. The van der Waals surface area contributed by atoms with E-state index in [1.165, 1.54) is 6.08 Å². The van der Waals surface area contributed by atoms with Crippen molar-refractivity contribution in [2.45, 2.75) is 6.92 Å². The Hall–Kier alpha value is -2.50. The average Bonchev–Trinajstić information content (AvgIpc) is 2.61. The second-order valence-corrected chi connectivity index (χ2v) is 6.08. The number of carbonyl (C=O) groups excluding carboxylic acids is 2. The first-order valence-corrected chi connectivity index (χ1v) is 8.67. The van der Waals surface area contributed by atoms with Crippen LogP contribution in [0.2, 0.25) is 10.0 Å². The number of hydrogen-bond donors (Lipinski definition) is 2. The molecule has 136 valence electrons. The number of amides is 2. The quantitative estimate of drug-likeness (QED) is 0.695. The van der Waals surface area contributed by atoms with Crippen molar-refractivity contribution in [1.82, 2.24) is 5.32 Å². The molecule has 0 atom stereocenters. The maximum Gasteiger partial charge on any atom is 0.257 e. The molecule has 2 N–H and O–H groups in total. The van der Waals surface area contributed by atoms with E-state index in [0.717, 1.165) is 5.56 Å². The van der Waals surface area contributed by atoms with Gasteiger partial charge in [-0.15, -0.1) is 0 Å². The monoisotopic (exact) mass is 392 g/mol. The first-order valence-electron chi connectivity index (χ1n) is 7.91. The van der Waals surface area contributed by atoms with Crippen LogP contribution >= 0.6 is 23.2 Å². The Labute approximate surface area is 161 Å². The van der Waals surface area contributed by atoms with Crippen molar-refractivity contribution >= 4 is 46.8 Å². The van der Waals surface area contributed by atoms with Gasteiger partial charge in [0.1, 0.15) is 5.75 Å². The molecule has 2 rings (SSSR count). The first kappa shape index (κ1) is 19.8. The highest BCUT2D eigenvalue weighted by atomic mass is 35.5. The molecule has 0 fully saturated rings. The van der Waals surface area contributed by atoms with Gasteiger partial charge in [-0.05, 0) is 42.8 Å². The van der Waals surface area contributed by atoms with Crippen LogP contribution in [0.4, 0.5) is 5.69 Å². The van der Waals surface area contributed by atoms with E-state index in [4.69, 9.17) is 27.9 Å². The molecule has 5 nitrogen and oxygen atoms in total. The molecule has 0 heterocycles. The molecular weight excluding hydrogens is 375 g/mol. The van der Waals surface area contributed by atoms with Crippen LogP contribution in [0.3, 0.4) is 0 Å². The van der Waals surface area contributed by atoms with Crippen LogP contribution in [0.25, 0.3) is 6.08 Å². The molecule has 0 aliphatic carbocycles. The standard InChI is InChI=1S/C19H18Cl2N2O3/c1-2-22-19(25)12-26-15-5-3-4-14(11-15)23-18(24)9-7-13-6-8-16(20)17(21)10-13/h3-11H,2,12H2,1H3,(H,22,25)(H,23,24)/b9-7+. The summed E-state index contributed by atoms with van der Waals surface area (Å²) in [5, 5.41) is 6.25. The van der Waals surface area contributed by atoms with Crippen LogP contribution in [-0.2, 0) is 9.59 Å². The molecule has 7 heteroatoms. The summed E-state index contributed by atoms with van der Waals surface area (Å²) in [5.74, 6) is -0.0223. The largest absolute Gasteiger partial charge is 0.484 e. The van der Waals surface area contributed by atoms with Crippen LogP contribution in [0, 0.1) is 0 Å². The zero-order valence-corrected chi connectivity index (χ0v) is 15.6. The van der Waals surface area contributed by atoms with Gasteiger partial charge < -0.3 is 15.4 Å². The molecule has 0 radical (unpaired) electrons. The number of halogens is 2. The highest BCUT2D eigenvalue weighted by molar-refractivity contribution is 6.42. The molecule has 0 unspecified atom stereocenters. The SMILES string of the molecule is CCNC(=O)COc1cccc(NC(=O)/C=C/c2ccc(Cl)c(Cl)c2)c1. The van der Waals surface area contributed by atoms with Gasteiger partial charge in [0, 0.05) is 24.4 Å². The van der Waals surface area contributed by atoms with Crippen molar-refractivity contribution in [1.29, 1.82) is 0 Å². The van der Waals surface area contributed by atoms with Crippen LogP contribution in [0.15, 0.2) is 48.5 Å². The second-order valence-electron chi connectivity index (χ2n) is 5.27. The summed E-state index contributed by atoms with van der Waals surface area (Å²) in [5.41, 5.74) is 1.32. The van der Waals surface area contributed by atoms with E-state index in [1.807, 2.05) is 6.92 Å². The van der Waals surface area contributed by atoms with Gasteiger partial charge in [-0.3, -0.25) is 9.59 Å². The van der Waals surface area contributed by atoms with Crippen molar-refractivity contribution in [2.75, 3.05) is 18.5 Å². The number of rotatable bonds is 7. The number of carbonyl (C=O) groups is 2. The summed E-state index contributed by atoms with van der Waals surface area (Å²) in [6.07, 6.45) is 3.02. The Morgan fingerprint density at radius 1 is 1.12 bits per heavy atom. The molecule has 2 aromatic rings. The van der Waals surface area contributed by atoms with E-state index < -0.39 is 0 Å². The van der Waals surface area contributed by atoms with Gasteiger partial charge in [-0.25, -0.2) is 0 Å². The van der Waals surface area contributed by atoms with Crippen molar-refractivity contribution in [2.24, 2.45) is 0 Å².